The molecule has 0 aliphatic heterocycles. The molecule has 0 aliphatic carbocycles. The van der Waals surface area contributed by atoms with Crippen molar-refractivity contribution in [3.05, 3.63) is 309 Å². The van der Waals surface area contributed by atoms with E-state index in [2.05, 4.69) is 315 Å². The van der Waals surface area contributed by atoms with Crippen molar-refractivity contribution < 1.29 is 0 Å². The molecule has 8 nitrogen and oxygen atoms in total. The fourth-order valence-electron chi connectivity index (χ4n) is 12.7. The van der Waals surface area contributed by atoms with Crippen LogP contribution in [0.15, 0.2) is 309 Å². The van der Waals surface area contributed by atoms with E-state index in [0.29, 0.717) is 0 Å². The summed E-state index contributed by atoms with van der Waals surface area (Å²) in [5.74, 6) is 1.57. The Kier molecular flexibility index (Phi) is 16.5. The van der Waals surface area contributed by atoms with Gasteiger partial charge < -0.3 is 10.2 Å². The Morgan fingerprint density at radius 2 is 0.624 bits per heavy atom. The third kappa shape index (κ3) is 12.2. The van der Waals surface area contributed by atoms with Gasteiger partial charge in [-0.25, -0.2) is 9.97 Å². The van der Waals surface area contributed by atoms with Gasteiger partial charge in [-0.3, -0.25) is 19.8 Å². The summed E-state index contributed by atoms with van der Waals surface area (Å²) in [6.45, 7) is 14.3. The maximum Gasteiger partial charge on any atom is 0.156 e. The second-order valence-corrected chi connectivity index (χ2v) is 36.4. The van der Waals surface area contributed by atoms with Gasteiger partial charge in [0.25, 0.3) is 0 Å². The SMILES string of the molecule is Brc1ccc2ccc3c(N(c4ccccc4)c4cnccn4)ccc4ccc1c2c43.C[Si](C)(C)c1ccc(N(c2ccccc2)c2ccc3ccc4c(N(c5ccccc5)c5cnccn5)ccc5ccc2c3c54)cc1.C[Si](C)(C)c1ccc(Nc2ccccc2)cc1. The highest BCUT2D eigenvalue weighted by Crippen LogP contribution is 2.48. The molecule has 0 bridgehead atoms. The van der Waals surface area contributed by atoms with Crippen molar-refractivity contribution in [1.82, 2.24) is 19.9 Å². The van der Waals surface area contributed by atoms with Gasteiger partial charge in [-0.15, -0.1) is 0 Å². The third-order valence-corrected chi connectivity index (χ3v) is 22.2. The zero-order valence-electron chi connectivity index (χ0n) is 52.9. The number of nitrogens with one attached hydrogen (secondary N) is 1. The number of nitrogens with zero attached hydrogens (tertiary/aromatic N) is 7. The topological polar surface area (TPSA) is 73.3 Å². The zero-order chi connectivity index (χ0) is 63.6. The number of para-hydroxylation sites is 4. The van der Waals surface area contributed by atoms with E-state index in [1.807, 2.05) is 54.9 Å². The van der Waals surface area contributed by atoms with Gasteiger partial charge in [0, 0.05) is 79.5 Å². The van der Waals surface area contributed by atoms with E-state index in [0.717, 1.165) is 67.3 Å². The Bertz CT molecular complexity index is 5120. The van der Waals surface area contributed by atoms with Gasteiger partial charge in [0.1, 0.15) is 0 Å². The van der Waals surface area contributed by atoms with Crippen LogP contribution in [0.4, 0.5) is 62.8 Å². The summed E-state index contributed by atoms with van der Waals surface area (Å²) in [5, 5.41) is 21.2. The molecule has 0 radical (unpaired) electrons. The van der Waals surface area contributed by atoms with Gasteiger partial charge in [-0.2, -0.15) is 0 Å². The molecule has 1 N–H and O–H groups in total. The van der Waals surface area contributed by atoms with Gasteiger partial charge in [0.15, 0.2) is 11.6 Å². The lowest BCUT2D eigenvalue weighted by atomic mass is 9.92. The minimum Gasteiger partial charge on any atom is -0.356 e. The fraction of sp³-hybridized carbons (Fsp3) is 0.0732. The standard InChI is InChI=1S/C41H34N4Si.C26H16BrN3.C15H19NSi/c1-46(2,3)34-20-18-33(19-21-34)44(31-10-6-4-7-11-31)37-24-16-29-15-23-36-38(25-17-30-14-22-35(37)40(29)41(30)36)45(32-12-8-5-9-13-32)39-28-42-26-27-43-39;27-22-12-8-17-7-11-21-23(13-9-18-6-10-20(22)25(17)26(18)21)30(19-4-2-1-3-5-19)24-16-28-14-15-29-24;1-17(2,3)15-11-9-14(10-12-15)16-13-7-5-4-6-8-13/h4-28H,1-3H3;1-16H;4-12,16H,1-3H3. The molecule has 0 atom stereocenters. The van der Waals surface area contributed by atoms with Crippen molar-refractivity contribution in [3.8, 4) is 0 Å². The Balaban J connectivity index is 0.000000136. The number of anilines is 11. The number of hydrogen-bond acceptors (Lipinski definition) is 8. The highest BCUT2D eigenvalue weighted by Gasteiger charge is 2.25. The van der Waals surface area contributed by atoms with E-state index < -0.39 is 16.1 Å². The first-order valence-corrected chi connectivity index (χ1v) is 39.3. The largest absolute Gasteiger partial charge is 0.356 e. The first-order valence-electron chi connectivity index (χ1n) is 31.5. The summed E-state index contributed by atoms with van der Waals surface area (Å²) in [5.41, 5.74) is 9.98. The van der Waals surface area contributed by atoms with Crippen LogP contribution in [0.2, 0.25) is 39.3 Å². The summed E-state index contributed by atoms with van der Waals surface area (Å²) in [6.07, 6.45) is 10.5. The van der Waals surface area contributed by atoms with Gasteiger partial charge in [0.05, 0.1) is 45.6 Å². The van der Waals surface area contributed by atoms with Crippen molar-refractivity contribution in [2.75, 3.05) is 20.0 Å². The van der Waals surface area contributed by atoms with Gasteiger partial charge >= 0.3 is 0 Å². The monoisotopic (exact) mass is 1300 g/mol. The summed E-state index contributed by atoms with van der Waals surface area (Å²) >= 11 is 3.73. The summed E-state index contributed by atoms with van der Waals surface area (Å²) in [6, 6.07) is 95.3. The van der Waals surface area contributed by atoms with Gasteiger partial charge in [0.2, 0.25) is 0 Å². The van der Waals surface area contributed by atoms with Crippen LogP contribution < -0.4 is 30.4 Å². The number of hydrogen-bond donors (Lipinski definition) is 1. The van der Waals surface area contributed by atoms with Crippen molar-refractivity contribution in [3.63, 3.8) is 0 Å². The molecule has 2 aromatic heterocycles. The molecule has 0 amide bonds. The predicted molar refractivity (Wildman–Crippen MR) is 405 cm³/mol. The molecule has 2 heterocycles. The van der Waals surface area contributed by atoms with E-state index in [9.17, 15) is 0 Å². The molecule has 0 saturated carbocycles. The second-order valence-electron chi connectivity index (χ2n) is 25.4. The molecule has 11 heteroatoms. The second kappa shape index (κ2) is 25.6. The number of rotatable bonds is 13. The van der Waals surface area contributed by atoms with Gasteiger partial charge in [-0.05, 0) is 146 Å². The molecule has 0 aliphatic rings. The van der Waals surface area contributed by atoms with E-state index in [-0.39, 0.29) is 0 Å². The number of aromatic nitrogens is 4. The van der Waals surface area contributed by atoms with Crippen LogP contribution >= 0.6 is 15.9 Å². The normalized spacial score (nSPS) is 11.6. The molecule has 0 unspecified atom stereocenters. The Morgan fingerprint density at radius 3 is 1.02 bits per heavy atom. The first kappa shape index (κ1) is 60.0. The Morgan fingerprint density at radius 1 is 0.301 bits per heavy atom. The molecule has 0 saturated heterocycles. The van der Waals surface area contributed by atoms with Crippen LogP contribution in [0, 0.1) is 0 Å². The molecular weight excluding hydrogens is 1230 g/mol. The van der Waals surface area contributed by atoms with Crippen molar-refractivity contribution in [2.45, 2.75) is 39.3 Å². The van der Waals surface area contributed by atoms with Gasteiger partial charge in [-0.1, -0.05) is 235 Å². The lowest BCUT2D eigenvalue weighted by molar-refractivity contribution is 1.13. The molecule has 16 rings (SSSR count). The molecule has 0 spiro atoms. The quantitative estimate of drug-likeness (QED) is 0.0904. The van der Waals surface area contributed by atoms with Crippen molar-refractivity contribution in [1.29, 1.82) is 0 Å². The highest BCUT2D eigenvalue weighted by atomic mass is 79.9. The molecule has 452 valence electrons. The van der Waals surface area contributed by atoms with Crippen molar-refractivity contribution >= 4 is 170 Å². The van der Waals surface area contributed by atoms with E-state index in [4.69, 9.17) is 4.98 Å². The fourth-order valence-corrected chi connectivity index (χ4v) is 15.5. The maximum absolute atomic E-state index is 4.73. The Hall–Kier alpha value is -10.6. The third-order valence-electron chi connectivity index (χ3n) is 17.3. The van der Waals surface area contributed by atoms with E-state index in [1.54, 1.807) is 24.8 Å². The summed E-state index contributed by atoms with van der Waals surface area (Å²) in [4.78, 5) is 24.9. The first-order chi connectivity index (χ1) is 45.3. The molecule has 16 aromatic rings. The molecule has 0 fully saturated rings. The van der Waals surface area contributed by atoms with Crippen LogP contribution in [0.3, 0.4) is 0 Å². The van der Waals surface area contributed by atoms with E-state index >= 15 is 0 Å². The van der Waals surface area contributed by atoms with Crippen LogP contribution in [0.1, 0.15) is 0 Å². The zero-order valence-corrected chi connectivity index (χ0v) is 56.5. The van der Waals surface area contributed by atoms with Crippen LogP contribution in [-0.2, 0) is 0 Å². The van der Waals surface area contributed by atoms with Crippen molar-refractivity contribution in [2.24, 2.45) is 0 Å². The molecule has 93 heavy (non-hydrogen) atoms. The molecule has 14 aromatic carbocycles. The minimum absolute atomic E-state index is 0.779. The summed E-state index contributed by atoms with van der Waals surface area (Å²) in [7, 11) is -2.61. The number of benzene rings is 14. The average Bonchev–Trinajstić information content (AvgIpc) is 0.733. The van der Waals surface area contributed by atoms with Crippen LogP contribution in [0.25, 0.3) is 64.6 Å². The lowest BCUT2D eigenvalue weighted by Crippen LogP contribution is -2.37. The number of halogens is 1. The van der Waals surface area contributed by atoms with Crippen LogP contribution in [0.5, 0.6) is 0 Å². The summed E-state index contributed by atoms with van der Waals surface area (Å²) < 4.78 is 1.11. The average molecular weight is 1300 g/mol. The lowest BCUT2D eigenvalue weighted by Gasteiger charge is -2.29. The maximum atomic E-state index is 4.73. The molecular formula is C82H69BrN8Si2. The van der Waals surface area contributed by atoms with E-state index in [1.165, 1.54) is 75.0 Å². The van der Waals surface area contributed by atoms with Crippen LogP contribution in [-0.4, -0.2) is 36.1 Å². The Labute approximate surface area is 554 Å². The minimum atomic E-state index is -1.43. The smallest absolute Gasteiger partial charge is 0.156 e. The highest BCUT2D eigenvalue weighted by molar-refractivity contribution is 9.10. The predicted octanol–water partition coefficient (Wildman–Crippen LogP) is 22.4.